The normalized spacial score (nSPS) is 17.0. The van der Waals surface area contributed by atoms with Crippen molar-refractivity contribution in [2.75, 3.05) is 0 Å². The van der Waals surface area contributed by atoms with E-state index in [1.165, 1.54) is 16.2 Å². The van der Waals surface area contributed by atoms with Crippen LogP contribution in [0.5, 0.6) is 5.75 Å². The lowest BCUT2D eigenvalue weighted by atomic mass is 9.99. The predicted molar refractivity (Wildman–Crippen MR) is 101 cm³/mol. The first-order chi connectivity index (χ1) is 11.7. The molecule has 1 N–H and O–H groups in total. The number of phenols is 1. The third-order valence-corrected chi connectivity index (χ3v) is 5.57. The van der Waals surface area contributed by atoms with Crippen LogP contribution in [-0.2, 0) is 0 Å². The molecule has 1 aliphatic heterocycles. The van der Waals surface area contributed by atoms with Crippen LogP contribution in [0.3, 0.4) is 0 Å². The van der Waals surface area contributed by atoms with Gasteiger partial charge in [0.1, 0.15) is 5.75 Å². The number of aromatic hydroxyl groups is 1. The van der Waals surface area contributed by atoms with E-state index < -0.39 is 0 Å². The predicted octanol–water partition coefficient (Wildman–Crippen LogP) is 6.10. The summed E-state index contributed by atoms with van der Waals surface area (Å²) in [6, 6.07) is 18.2. The van der Waals surface area contributed by atoms with Crippen molar-refractivity contribution in [1.29, 1.82) is 0 Å². The quantitative estimate of drug-likeness (QED) is 0.606. The van der Waals surface area contributed by atoms with E-state index in [0.29, 0.717) is 5.02 Å². The summed E-state index contributed by atoms with van der Waals surface area (Å²) < 4.78 is 0. The number of rotatable bonds is 3. The molecule has 1 unspecified atom stereocenters. The largest absolute Gasteiger partial charge is 0.506 e. The second-order valence-corrected chi connectivity index (χ2v) is 7.25. The summed E-state index contributed by atoms with van der Waals surface area (Å²) in [5, 5.41) is 12.0. The highest BCUT2D eigenvalue weighted by molar-refractivity contribution is 7.12. The topological polar surface area (TPSA) is 32.6 Å². The van der Waals surface area contributed by atoms with E-state index in [-0.39, 0.29) is 11.8 Å². The average molecular weight is 354 g/mol. The van der Waals surface area contributed by atoms with Crippen LogP contribution in [0.25, 0.3) is 11.1 Å². The summed E-state index contributed by atoms with van der Waals surface area (Å²) in [6.07, 6.45) is 2.11. The molecule has 4 rings (SSSR count). The minimum absolute atomic E-state index is 0.110. The number of thiophene rings is 1. The zero-order chi connectivity index (χ0) is 16.5. The molecule has 0 spiro atoms. The van der Waals surface area contributed by atoms with Crippen LogP contribution in [-0.4, -0.2) is 10.8 Å². The molecule has 2 heterocycles. The molecule has 2 aromatic carbocycles. The van der Waals surface area contributed by atoms with Crippen LogP contribution >= 0.6 is 22.9 Å². The third kappa shape index (κ3) is 2.97. The lowest BCUT2D eigenvalue weighted by Crippen LogP contribution is -1.91. The van der Waals surface area contributed by atoms with Gasteiger partial charge in [-0.3, -0.25) is 4.99 Å². The first kappa shape index (κ1) is 15.4. The van der Waals surface area contributed by atoms with Crippen molar-refractivity contribution in [2.24, 2.45) is 4.99 Å². The SMILES string of the molecule is Oc1ccc(-c2ccc(C3CCC(c4cccs4)=N3)cc2)cc1Cl. The lowest BCUT2D eigenvalue weighted by Gasteiger charge is -2.09. The molecule has 0 fully saturated rings. The summed E-state index contributed by atoms with van der Waals surface area (Å²) in [5.74, 6) is 0.110. The fourth-order valence-electron chi connectivity index (χ4n) is 3.05. The van der Waals surface area contributed by atoms with E-state index in [2.05, 4.69) is 41.8 Å². The van der Waals surface area contributed by atoms with Crippen LogP contribution in [0, 0.1) is 0 Å². The van der Waals surface area contributed by atoms with Gasteiger partial charge >= 0.3 is 0 Å². The monoisotopic (exact) mass is 353 g/mol. The molecule has 0 saturated heterocycles. The maximum absolute atomic E-state index is 9.54. The van der Waals surface area contributed by atoms with Gasteiger partial charge in [-0.15, -0.1) is 11.3 Å². The number of halogens is 1. The Morgan fingerprint density at radius 1 is 1.04 bits per heavy atom. The molecular weight excluding hydrogens is 338 g/mol. The second-order valence-electron chi connectivity index (χ2n) is 5.90. The summed E-state index contributed by atoms with van der Waals surface area (Å²) in [5.41, 5.74) is 4.55. The molecule has 0 bridgehead atoms. The number of benzene rings is 2. The Balaban J connectivity index is 1.57. The summed E-state index contributed by atoms with van der Waals surface area (Å²) in [6.45, 7) is 0. The Kier molecular flexibility index (Phi) is 4.13. The van der Waals surface area contributed by atoms with Crippen molar-refractivity contribution >= 4 is 28.6 Å². The smallest absolute Gasteiger partial charge is 0.134 e. The van der Waals surface area contributed by atoms with Gasteiger partial charge in [0.2, 0.25) is 0 Å². The fraction of sp³-hybridized carbons (Fsp3) is 0.150. The van der Waals surface area contributed by atoms with Crippen molar-refractivity contribution in [3.63, 3.8) is 0 Å². The minimum atomic E-state index is 0.110. The molecule has 1 atom stereocenters. The maximum Gasteiger partial charge on any atom is 0.134 e. The maximum atomic E-state index is 9.54. The lowest BCUT2D eigenvalue weighted by molar-refractivity contribution is 0.475. The Bertz CT molecular complexity index is 885. The van der Waals surface area contributed by atoms with Crippen molar-refractivity contribution in [3.05, 3.63) is 75.4 Å². The van der Waals surface area contributed by atoms with Crippen molar-refractivity contribution in [1.82, 2.24) is 0 Å². The summed E-state index contributed by atoms with van der Waals surface area (Å²) in [7, 11) is 0. The number of hydrogen-bond acceptors (Lipinski definition) is 3. The zero-order valence-corrected chi connectivity index (χ0v) is 14.5. The van der Waals surface area contributed by atoms with Crippen molar-refractivity contribution in [2.45, 2.75) is 18.9 Å². The van der Waals surface area contributed by atoms with Gasteiger partial charge in [-0.05, 0) is 53.1 Å². The van der Waals surface area contributed by atoms with Crippen LogP contribution in [0.1, 0.15) is 29.3 Å². The first-order valence-corrected chi connectivity index (χ1v) is 9.16. The molecule has 1 aromatic heterocycles. The van der Waals surface area contributed by atoms with Gasteiger partial charge < -0.3 is 5.11 Å². The molecule has 3 aromatic rings. The number of nitrogens with zero attached hydrogens (tertiary/aromatic N) is 1. The third-order valence-electron chi connectivity index (χ3n) is 4.35. The highest BCUT2D eigenvalue weighted by atomic mass is 35.5. The first-order valence-electron chi connectivity index (χ1n) is 7.90. The van der Waals surface area contributed by atoms with E-state index in [1.54, 1.807) is 23.5 Å². The van der Waals surface area contributed by atoms with Crippen LogP contribution in [0.15, 0.2) is 65.0 Å². The molecule has 0 saturated carbocycles. The zero-order valence-electron chi connectivity index (χ0n) is 12.9. The van der Waals surface area contributed by atoms with Gasteiger partial charge in [-0.2, -0.15) is 0 Å². The Hall–Kier alpha value is -2.10. The van der Waals surface area contributed by atoms with Crippen molar-refractivity contribution in [3.8, 4) is 16.9 Å². The molecule has 24 heavy (non-hydrogen) atoms. The van der Waals surface area contributed by atoms with Crippen LogP contribution in [0.2, 0.25) is 5.02 Å². The van der Waals surface area contributed by atoms with E-state index in [4.69, 9.17) is 16.6 Å². The van der Waals surface area contributed by atoms with Gasteiger partial charge in [-0.1, -0.05) is 48.0 Å². The van der Waals surface area contributed by atoms with Crippen LogP contribution < -0.4 is 0 Å². The van der Waals surface area contributed by atoms with E-state index in [9.17, 15) is 5.11 Å². The number of aliphatic imine (C=N–C) groups is 1. The molecule has 2 nitrogen and oxygen atoms in total. The van der Waals surface area contributed by atoms with Gasteiger partial charge in [0.25, 0.3) is 0 Å². The average Bonchev–Trinajstić information content (AvgIpc) is 3.28. The van der Waals surface area contributed by atoms with Crippen molar-refractivity contribution < 1.29 is 5.11 Å². The highest BCUT2D eigenvalue weighted by Gasteiger charge is 2.20. The number of phenolic OH excluding ortho intramolecular Hbond substituents is 1. The molecule has 120 valence electrons. The molecule has 0 radical (unpaired) electrons. The van der Waals surface area contributed by atoms with Crippen LogP contribution in [0.4, 0.5) is 0 Å². The summed E-state index contributed by atoms with van der Waals surface area (Å²) in [4.78, 5) is 6.19. The minimum Gasteiger partial charge on any atom is -0.506 e. The standard InChI is InChI=1S/C20H16ClNOS/c21-16-12-15(7-10-19(16)23)13-3-5-14(6-4-13)17-8-9-18(22-17)20-2-1-11-24-20/h1-7,10-12,17,23H,8-9H2. The second kappa shape index (κ2) is 6.42. The van der Waals surface area contributed by atoms with Gasteiger partial charge in [0.15, 0.2) is 0 Å². The molecule has 0 aliphatic carbocycles. The Morgan fingerprint density at radius 3 is 2.54 bits per heavy atom. The van der Waals surface area contributed by atoms with E-state index in [0.717, 1.165) is 24.0 Å². The Labute approximate surface area is 150 Å². The van der Waals surface area contributed by atoms with E-state index in [1.807, 2.05) is 6.07 Å². The fourth-order valence-corrected chi connectivity index (χ4v) is 3.98. The molecular formula is C20H16ClNOS. The van der Waals surface area contributed by atoms with Gasteiger partial charge in [-0.25, -0.2) is 0 Å². The van der Waals surface area contributed by atoms with Gasteiger partial charge in [0.05, 0.1) is 16.8 Å². The van der Waals surface area contributed by atoms with Gasteiger partial charge in [0, 0.05) is 4.88 Å². The summed E-state index contributed by atoms with van der Waals surface area (Å²) >= 11 is 7.75. The van der Waals surface area contributed by atoms with E-state index >= 15 is 0 Å². The molecule has 1 aliphatic rings. The number of hydrogen-bond donors (Lipinski definition) is 1. The molecule has 0 amide bonds. The highest BCUT2D eigenvalue weighted by Crippen LogP contribution is 2.34. The Morgan fingerprint density at radius 2 is 1.83 bits per heavy atom. The molecule has 4 heteroatoms.